The summed E-state index contributed by atoms with van der Waals surface area (Å²) in [5, 5.41) is 0.238. The Kier molecular flexibility index (Phi) is 3.76. The molecule has 2 rings (SSSR count). The summed E-state index contributed by atoms with van der Waals surface area (Å²) in [5.41, 5.74) is 6.61. The highest BCUT2D eigenvalue weighted by atomic mass is 35.5. The number of nitrogens with two attached hydrogens (primary N) is 1. The maximum absolute atomic E-state index is 12.2. The van der Waals surface area contributed by atoms with Crippen LogP contribution in [0.1, 0.15) is 24.8 Å². The van der Waals surface area contributed by atoms with Gasteiger partial charge in [-0.05, 0) is 30.5 Å². The van der Waals surface area contributed by atoms with Crippen molar-refractivity contribution in [3.05, 3.63) is 34.9 Å². The Balaban J connectivity index is 2.14. The van der Waals surface area contributed by atoms with Gasteiger partial charge in [-0.25, -0.2) is 8.42 Å². The van der Waals surface area contributed by atoms with Gasteiger partial charge in [0.25, 0.3) is 0 Å². The fourth-order valence-corrected chi connectivity index (χ4v) is 4.51. The molecular formula is C12H16ClNO2S. The molecule has 94 valence electrons. The van der Waals surface area contributed by atoms with Gasteiger partial charge in [0.05, 0.1) is 11.0 Å². The molecule has 0 aliphatic heterocycles. The Morgan fingerprint density at radius 2 is 1.88 bits per heavy atom. The predicted molar refractivity (Wildman–Crippen MR) is 69.7 cm³/mol. The first-order valence-corrected chi connectivity index (χ1v) is 7.80. The molecule has 2 N–H and O–H groups in total. The molecule has 3 nitrogen and oxygen atoms in total. The summed E-state index contributed by atoms with van der Waals surface area (Å²) in [6, 6.07) is 6.72. The molecule has 1 saturated carbocycles. The fourth-order valence-electron chi connectivity index (χ4n) is 2.32. The molecule has 0 saturated heterocycles. The lowest BCUT2D eigenvalue weighted by molar-refractivity contribution is 0.567. The molecule has 0 bridgehead atoms. The van der Waals surface area contributed by atoms with Crippen LogP contribution in [0.5, 0.6) is 0 Å². The highest BCUT2D eigenvalue weighted by Crippen LogP contribution is 2.26. The van der Waals surface area contributed by atoms with Crippen molar-refractivity contribution in [2.24, 2.45) is 5.73 Å². The zero-order valence-corrected chi connectivity index (χ0v) is 11.0. The molecule has 1 aromatic carbocycles. The number of hydrogen-bond acceptors (Lipinski definition) is 3. The maximum Gasteiger partial charge on any atom is 0.158 e. The van der Waals surface area contributed by atoms with Gasteiger partial charge in [0, 0.05) is 11.1 Å². The quantitative estimate of drug-likeness (QED) is 0.918. The first-order chi connectivity index (χ1) is 7.99. The van der Waals surface area contributed by atoms with E-state index in [1.165, 1.54) is 0 Å². The molecule has 17 heavy (non-hydrogen) atoms. The van der Waals surface area contributed by atoms with E-state index in [2.05, 4.69) is 0 Å². The van der Waals surface area contributed by atoms with Gasteiger partial charge in [0.2, 0.25) is 0 Å². The standard InChI is InChI=1S/C12H16ClNO2S/c13-10-6-4-9(5-7-10)8-17(15,16)12-3-1-2-11(12)14/h4-7,11-12H,1-3,8,14H2. The molecule has 0 heterocycles. The van der Waals surface area contributed by atoms with E-state index < -0.39 is 9.84 Å². The van der Waals surface area contributed by atoms with E-state index in [9.17, 15) is 8.42 Å². The minimum absolute atomic E-state index is 0.0581. The third-order valence-electron chi connectivity index (χ3n) is 3.25. The van der Waals surface area contributed by atoms with Gasteiger partial charge in [-0.3, -0.25) is 0 Å². The number of sulfone groups is 1. The highest BCUT2D eigenvalue weighted by molar-refractivity contribution is 7.91. The summed E-state index contributed by atoms with van der Waals surface area (Å²) in [6.07, 6.45) is 2.41. The van der Waals surface area contributed by atoms with E-state index in [1.807, 2.05) is 0 Å². The summed E-state index contributed by atoms with van der Waals surface area (Å²) in [4.78, 5) is 0. The minimum Gasteiger partial charge on any atom is -0.327 e. The van der Waals surface area contributed by atoms with Gasteiger partial charge in [-0.2, -0.15) is 0 Å². The summed E-state index contributed by atoms with van der Waals surface area (Å²) in [7, 11) is -3.14. The second-order valence-corrected chi connectivity index (χ2v) is 7.22. The van der Waals surface area contributed by atoms with Crippen molar-refractivity contribution >= 4 is 21.4 Å². The molecule has 0 amide bonds. The molecule has 0 spiro atoms. The maximum atomic E-state index is 12.2. The lowest BCUT2D eigenvalue weighted by Gasteiger charge is -2.16. The normalized spacial score (nSPS) is 25.1. The second kappa shape index (κ2) is 4.96. The summed E-state index contributed by atoms with van der Waals surface area (Å²) >= 11 is 5.76. The third kappa shape index (κ3) is 3.00. The first kappa shape index (κ1) is 12.9. The molecule has 1 aliphatic carbocycles. The number of rotatable bonds is 3. The Bertz CT molecular complexity index is 484. The molecule has 0 aromatic heterocycles. The Morgan fingerprint density at radius 3 is 2.41 bits per heavy atom. The van der Waals surface area contributed by atoms with Crippen molar-refractivity contribution in [1.29, 1.82) is 0 Å². The Morgan fingerprint density at radius 1 is 1.24 bits per heavy atom. The lowest BCUT2D eigenvalue weighted by atomic mass is 10.2. The van der Waals surface area contributed by atoms with E-state index in [-0.39, 0.29) is 17.0 Å². The largest absolute Gasteiger partial charge is 0.327 e. The van der Waals surface area contributed by atoms with Crippen molar-refractivity contribution in [2.45, 2.75) is 36.3 Å². The molecular weight excluding hydrogens is 258 g/mol. The van der Waals surface area contributed by atoms with Crippen molar-refractivity contribution in [2.75, 3.05) is 0 Å². The van der Waals surface area contributed by atoms with Crippen LogP contribution in [0.2, 0.25) is 5.02 Å². The van der Waals surface area contributed by atoms with E-state index in [1.54, 1.807) is 24.3 Å². The van der Waals surface area contributed by atoms with Gasteiger partial charge in [0.15, 0.2) is 9.84 Å². The van der Waals surface area contributed by atoms with Crippen LogP contribution in [0, 0.1) is 0 Å². The van der Waals surface area contributed by atoms with Crippen molar-refractivity contribution in [3.8, 4) is 0 Å². The van der Waals surface area contributed by atoms with Crippen LogP contribution >= 0.6 is 11.6 Å². The van der Waals surface area contributed by atoms with Gasteiger partial charge in [0.1, 0.15) is 0 Å². The summed E-state index contributed by atoms with van der Waals surface area (Å²) in [6.45, 7) is 0. The molecule has 1 aromatic rings. The summed E-state index contributed by atoms with van der Waals surface area (Å²) < 4.78 is 24.4. The molecule has 0 radical (unpaired) electrons. The summed E-state index contributed by atoms with van der Waals surface area (Å²) in [5.74, 6) is 0.0581. The first-order valence-electron chi connectivity index (χ1n) is 5.70. The van der Waals surface area contributed by atoms with E-state index in [0.29, 0.717) is 11.4 Å². The molecule has 2 unspecified atom stereocenters. The van der Waals surface area contributed by atoms with E-state index in [0.717, 1.165) is 18.4 Å². The topological polar surface area (TPSA) is 60.2 Å². The van der Waals surface area contributed by atoms with Crippen LogP contribution in [0.3, 0.4) is 0 Å². The SMILES string of the molecule is NC1CCCC1S(=O)(=O)Cc1ccc(Cl)cc1. The lowest BCUT2D eigenvalue weighted by Crippen LogP contribution is -2.36. The predicted octanol–water partition coefficient (Wildman–Crippen LogP) is 2.13. The van der Waals surface area contributed by atoms with Gasteiger partial charge in [-0.1, -0.05) is 30.2 Å². The Labute approximate surface area is 107 Å². The zero-order chi connectivity index (χ0) is 12.5. The van der Waals surface area contributed by atoms with Crippen molar-refractivity contribution in [1.82, 2.24) is 0 Å². The highest BCUT2D eigenvalue weighted by Gasteiger charge is 2.34. The average molecular weight is 274 g/mol. The molecule has 2 atom stereocenters. The minimum atomic E-state index is -3.14. The monoisotopic (exact) mass is 273 g/mol. The van der Waals surface area contributed by atoms with Crippen LogP contribution in [-0.4, -0.2) is 19.7 Å². The van der Waals surface area contributed by atoms with Crippen LogP contribution in [0.4, 0.5) is 0 Å². The Hall–Kier alpha value is -0.580. The number of benzene rings is 1. The van der Waals surface area contributed by atoms with Crippen LogP contribution < -0.4 is 5.73 Å². The van der Waals surface area contributed by atoms with E-state index in [4.69, 9.17) is 17.3 Å². The van der Waals surface area contributed by atoms with Crippen molar-refractivity contribution < 1.29 is 8.42 Å². The average Bonchev–Trinajstić information content (AvgIpc) is 2.68. The molecule has 1 aliphatic rings. The van der Waals surface area contributed by atoms with Gasteiger partial charge < -0.3 is 5.73 Å². The smallest absolute Gasteiger partial charge is 0.158 e. The van der Waals surface area contributed by atoms with E-state index >= 15 is 0 Å². The van der Waals surface area contributed by atoms with Crippen molar-refractivity contribution in [3.63, 3.8) is 0 Å². The van der Waals surface area contributed by atoms with Gasteiger partial charge >= 0.3 is 0 Å². The number of hydrogen-bond donors (Lipinski definition) is 1. The zero-order valence-electron chi connectivity index (χ0n) is 9.47. The number of halogens is 1. The second-order valence-electron chi connectivity index (χ2n) is 4.57. The van der Waals surface area contributed by atoms with Crippen LogP contribution in [0.15, 0.2) is 24.3 Å². The van der Waals surface area contributed by atoms with Gasteiger partial charge in [-0.15, -0.1) is 0 Å². The van der Waals surface area contributed by atoms with Crippen LogP contribution in [-0.2, 0) is 15.6 Å². The van der Waals surface area contributed by atoms with Crippen LogP contribution in [0.25, 0.3) is 0 Å². The fraction of sp³-hybridized carbons (Fsp3) is 0.500. The third-order valence-corrected chi connectivity index (χ3v) is 5.74. The molecule has 1 fully saturated rings. The molecule has 5 heteroatoms.